The molecular weight excluding hydrogens is 272 g/mol. The van der Waals surface area contributed by atoms with E-state index in [2.05, 4.69) is 5.16 Å². The third-order valence-corrected chi connectivity index (χ3v) is 3.87. The number of rotatable bonds is 3. The Bertz CT molecular complexity index is 652. The molecular formula is C15H16N2O4. The molecule has 0 N–H and O–H groups in total. The van der Waals surface area contributed by atoms with Crippen LogP contribution in [0.2, 0.25) is 0 Å². The van der Waals surface area contributed by atoms with Gasteiger partial charge in [0.05, 0.1) is 18.0 Å². The Morgan fingerprint density at radius 2 is 2.19 bits per heavy atom. The molecule has 0 aromatic carbocycles. The fraction of sp³-hybridized carbons (Fsp3) is 0.400. The second kappa shape index (κ2) is 5.20. The van der Waals surface area contributed by atoms with E-state index in [0.29, 0.717) is 12.3 Å². The van der Waals surface area contributed by atoms with Crippen LogP contribution in [0.25, 0.3) is 0 Å². The molecule has 0 unspecified atom stereocenters. The standard InChI is InChI=1S/C15H16N2O4/c1-9-13(10(2)21-16-9)11-5-3-7-17(11)15(19)14(18)12-6-4-8-20-12/h4,6,8,11H,3,5,7H2,1-2H3/t11-/m0/s1. The molecule has 1 saturated heterocycles. The van der Waals surface area contributed by atoms with E-state index in [9.17, 15) is 9.59 Å². The molecule has 6 nitrogen and oxygen atoms in total. The van der Waals surface area contributed by atoms with Crippen molar-refractivity contribution in [3.8, 4) is 0 Å². The SMILES string of the molecule is Cc1noc(C)c1[C@@H]1CCCN1C(=O)C(=O)c1ccco1. The van der Waals surface area contributed by atoms with Crippen LogP contribution in [-0.4, -0.2) is 28.3 Å². The van der Waals surface area contributed by atoms with Gasteiger partial charge in [0.25, 0.3) is 11.7 Å². The van der Waals surface area contributed by atoms with Crippen LogP contribution in [0.15, 0.2) is 27.3 Å². The summed E-state index contributed by atoms with van der Waals surface area (Å²) in [5.41, 5.74) is 1.68. The third-order valence-electron chi connectivity index (χ3n) is 3.87. The van der Waals surface area contributed by atoms with Crippen molar-refractivity contribution in [1.29, 1.82) is 0 Å². The van der Waals surface area contributed by atoms with Crippen LogP contribution in [0.4, 0.5) is 0 Å². The highest BCUT2D eigenvalue weighted by molar-refractivity contribution is 6.42. The first-order valence-corrected chi connectivity index (χ1v) is 6.91. The highest BCUT2D eigenvalue weighted by atomic mass is 16.5. The normalized spacial score (nSPS) is 18.2. The Morgan fingerprint density at radius 1 is 1.38 bits per heavy atom. The molecule has 3 heterocycles. The number of carbonyl (C=O) groups excluding carboxylic acids is 2. The molecule has 0 aliphatic carbocycles. The second-order valence-electron chi connectivity index (χ2n) is 5.20. The summed E-state index contributed by atoms with van der Waals surface area (Å²) in [6.07, 6.45) is 3.04. The molecule has 1 atom stereocenters. The van der Waals surface area contributed by atoms with Gasteiger partial charge in [0.15, 0.2) is 5.76 Å². The summed E-state index contributed by atoms with van der Waals surface area (Å²) in [7, 11) is 0. The summed E-state index contributed by atoms with van der Waals surface area (Å²) in [5.74, 6) is -0.377. The lowest BCUT2D eigenvalue weighted by atomic mass is 10.0. The number of ketones is 1. The smallest absolute Gasteiger partial charge is 0.298 e. The van der Waals surface area contributed by atoms with Crippen molar-refractivity contribution in [2.75, 3.05) is 6.54 Å². The summed E-state index contributed by atoms with van der Waals surface area (Å²) in [4.78, 5) is 26.2. The largest absolute Gasteiger partial charge is 0.461 e. The molecule has 0 spiro atoms. The summed E-state index contributed by atoms with van der Waals surface area (Å²) in [5, 5.41) is 3.93. The van der Waals surface area contributed by atoms with Gasteiger partial charge in [-0.05, 0) is 38.8 Å². The number of amides is 1. The van der Waals surface area contributed by atoms with Gasteiger partial charge < -0.3 is 13.8 Å². The van der Waals surface area contributed by atoms with Gasteiger partial charge in [-0.25, -0.2) is 0 Å². The molecule has 1 aliphatic rings. The number of aryl methyl sites for hydroxylation is 2. The minimum atomic E-state index is -0.612. The Labute approximate surface area is 121 Å². The third kappa shape index (κ3) is 2.26. The minimum absolute atomic E-state index is 0.0735. The minimum Gasteiger partial charge on any atom is -0.461 e. The predicted octanol–water partition coefficient (Wildman–Crippen LogP) is 2.43. The molecule has 1 fully saturated rings. The number of aromatic nitrogens is 1. The fourth-order valence-electron chi connectivity index (χ4n) is 2.92. The molecule has 2 aromatic rings. The zero-order valence-corrected chi connectivity index (χ0v) is 12.0. The van der Waals surface area contributed by atoms with Crippen molar-refractivity contribution >= 4 is 11.7 Å². The van der Waals surface area contributed by atoms with Crippen LogP contribution < -0.4 is 0 Å². The monoisotopic (exact) mass is 288 g/mol. The Balaban J connectivity index is 1.88. The van der Waals surface area contributed by atoms with Gasteiger partial charge in [-0.2, -0.15) is 0 Å². The van der Waals surface area contributed by atoms with E-state index < -0.39 is 11.7 Å². The van der Waals surface area contributed by atoms with Gasteiger partial charge in [0.2, 0.25) is 0 Å². The molecule has 3 rings (SSSR count). The van der Waals surface area contributed by atoms with Crippen LogP contribution in [0.5, 0.6) is 0 Å². The summed E-state index contributed by atoms with van der Waals surface area (Å²) < 4.78 is 10.2. The molecule has 0 saturated carbocycles. The van der Waals surface area contributed by atoms with Gasteiger partial charge in [0, 0.05) is 12.1 Å². The summed E-state index contributed by atoms with van der Waals surface area (Å²) in [6.45, 7) is 4.23. The summed E-state index contributed by atoms with van der Waals surface area (Å²) >= 11 is 0. The van der Waals surface area contributed by atoms with Crippen molar-refractivity contribution in [1.82, 2.24) is 10.1 Å². The average Bonchev–Trinajstić information content (AvgIpc) is 3.18. The van der Waals surface area contributed by atoms with Gasteiger partial charge in [-0.1, -0.05) is 5.16 Å². The van der Waals surface area contributed by atoms with Gasteiger partial charge >= 0.3 is 0 Å². The molecule has 2 aromatic heterocycles. The first-order chi connectivity index (χ1) is 10.1. The topological polar surface area (TPSA) is 76.6 Å². The lowest BCUT2D eigenvalue weighted by molar-refractivity contribution is -0.127. The zero-order chi connectivity index (χ0) is 15.0. The van der Waals surface area contributed by atoms with E-state index in [-0.39, 0.29) is 11.8 Å². The van der Waals surface area contributed by atoms with Gasteiger partial charge in [-0.3, -0.25) is 9.59 Å². The van der Waals surface area contributed by atoms with Crippen LogP contribution in [0.3, 0.4) is 0 Å². The first-order valence-electron chi connectivity index (χ1n) is 6.91. The molecule has 6 heteroatoms. The lowest BCUT2D eigenvalue weighted by Gasteiger charge is -2.23. The van der Waals surface area contributed by atoms with E-state index in [0.717, 1.165) is 24.1 Å². The molecule has 0 bridgehead atoms. The molecule has 21 heavy (non-hydrogen) atoms. The fourth-order valence-corrected chi connectivity index (χ4v) is 2.92. The molecule has 1 aliphatic heterocycles. The van der Waals surface area contributed by atoms with E-state index in [1.165, 1.54) is 12.3 Å². The maximum Gasteiger partial charge on any atom is 0.298 e. The number of hydrogen-bond acceptors (Lipinski definition) is 5. The molecule has 0 radical (unpaired) electrons. The number of likely N-dealkylation sites (tertiary alicyclic amines) is 1. The predicted molar refractivity (Wildman–Crippen MR) is 72.7 cm³/mol. The maximum absolute atomic E-state index is 12.4. The second-order valence-corrected chi connectivity index (χ2v) is 5.20. The van der Waals surface area contributed by atoms with Crippen molar-refractivity contribution < 1.29 is 18.5 Å². The maximum atomic E-state index is 12.4. The highest BCUT2D eigenvalue weighted by Gasteiger charge is 2.37. The summed E-state index contributed by atoms with van der Waals surface area (Å²) in [6, 6.07) is 2.94. The van der Waals surface area contributed by atoms with Crippen LogP contribution in [0, 0.1) is 13.8 Å². The van der Waals surface area contributed by atoms with E-state index in [1.54, 1.807) is 11.0 Å². The van der Waals surface area contributed by atoms with Crippen LogP contribution >= 0.6 is 0 Å². The van der Waals surface area contributed by atoms with E-state index >= 15 is 0 Å². The van der Waals surface area contributed by atoms with Crippen molar-refractivity contribution in [3.63, 3.8) is 0 Å². The number of Topliss-reactive ketones (excluding diaryl/α,β-unsaturated/α-hetero) is 1. The molecule has 110 valence electrons. The van der Waals surface area contributed by atoms with Crippen molar-refractivity contribution in [2.24, 2.45) is 0 Å². The average molecular weight is 288 g/mol. The number of carbonyl (C=O) groups is 2. The molecule has 1 amide bonds. The highest BCUT2D eigenvalue weighted by Crippen LogP contribution is 2.35. The van der Waals surface area contributed by atoms with Crippen molar-refractivity contribution in [3.05, 3.63) is 41.2 Å². The van der Waals surface area contributed by atoms with Crippen LogP contribution in [-0.2, 0) is 4.79 Å². The number of hydrogen-bond donors (Lipinski definition) is 0. The first kappa shape index (κ1) is 13.6. The number of furan rings is 1. The quantitative estimate of drug-likeness (QED) is 0.640. The van der Waals surface area contributed by atoms with Gasteiger partial charge in [-0.15, -0.1) is 0 Å². The van der Waals surface area contributed by atoms with E-state index in [4.69, 9.17) is 8.94 Å². The Hall–Kier alpha value is -2.37. The van der Waals surface area contributed by atoms with Gasteiger partial charge in [0.1, 0.15) is 5.76 Å². The lowest BCUT2D eigenvalue weighted by Crippen LogP contribution is -2.36. The van der Waals surface area contributed by atoms with Crippen molar-refractivity contribution in [2.45, 2.75) is 32.7 Å². The van der Waals surface area contributed by atoms with E-state index in [1.807, 2.05) is 13.8 Å². The Morgan fingerprint density at radius 3 is 2.81 bits per heavy atom. The number of nitrogens with zero attached hydrogens (tertiary/aromatic N) is 2. The Kier molecular flexibility index (Phi) is 3.37. The zero-order valence-electron chi connectivity index (χ0n) is 12.0. The van der Waals surface area contributed by atoms with Crippen LogP contribution in [0.1, 0.15) is 46.5 Å².